The van der Waals surface area contributed by atoms with E-state index in [2.05, 4.69) is 0 Å². The molecule has 1 heterocycles. The van der Waals surface area contributed by atoms with E-state index < -0.39 is 6.04 Å². The van der Waals surface area contributed by atoms with Crippen LogP contribution in [0.1, 0.15) is 5.56 Å². The van der Waals surface area contributed by atoms with Gasteiger partial charge < -0.3 is 10.5 Å². The lowest BCUT2D eigenvalue weighted by Crippen LogP contribution is -2.39. The Kier molecular flexibility index (Phi) is 2.90. The molecule has 1 aromatic carbocycles. The van der Waals surface area contributed by atoms with Gasteiger partial charge in [-0.3, -0.25) is 0 Å². The normalized spacial score (nSPS) is 19.8. The van der Waals surface area contributed by atoms with Gasteiger partial charge in [0.1, 0.15) is 11.8 Å². The standard InChI is InChI=1S/C9H9NO2.ClH/c10-7-5-6-3-1-2-4-8(6)12-9(7)11;/h1-4,7H,5,10H2;1H. The predicted octanol–water partition coefficient (Wildman–Crippen LogP) is 0.897. The maximum atomic E-state index is 11.0. The number of carbonyl (C=O) groups is 1. The maximum absolute atomic E-state index is 11.0. The lowest BCUT2D eigenvalue weighted by Gasteiger charge is -2.19. The molecule has 0 fully saturated rings. The summed E-state index contributed by atoms with van der Waals surface area (Å²) in [7, 11) is 0. The minimum atomic E-state index is -0.500. The fourth-order valence-electron chi connectivity index (χ4n) is 1.28. The molecule has 0 aliphatic carbocycles. The van der Waals surface area contributed by atoms with E-state index >= 15 is 0 Å². The number of para-hydroxylation sites is 1. The number of rotatable bonds is 0. The molecule has 3 nitrogen and oxygen atoms in total. The predicted molar refractivity (Wildman–Crippen MR) is 51.0 cm³/mol. The molecule has 1 unspecified atom stereocenters. The summed E-state index contributed by atoms with van der Waals surface area (Å²) in [5, 5.41) is 0. The van der Waals surface area contributed by atoms with Crippen LogP contribution >= 0.6 is 12.4 Å². The summed E-state index contributed by atoms with van der Waals surface area (Å²) in [5.41, 5.74) is 6.52. The molecule has 0 amide bonds. The molecule has 4 heteroatoms. The van der Waals surface area contributed by atoms with Crippen LogP contribution in [0.4, 0.5) is 0 Å². The molecular formula is C9H10ClNO2. The van der Waals surface area contributed by atoms with Crippen LogP contribution in [0.25, 0.3) is 0 Å². The van der Waals surface area contributed by atoms with E-state index in [-0.39, 0.29) is 18.4 Å². The molecule has 70 valence electrons. The third kappa shape index (κ3) is 1.82. The first-order valence-electron chi connectivity index (χ1n) is 3.82. The van der Waals surface area contributed by atoms with E-state index in [0.29, 0.717) is 12.2 Å². The second kappa shape index (κ2) is 3.77. The Morgan fingerprint density at radius 2 is 2.08 bits per heavy atom. The molecule has 0 spiro atoms. The minimum absolute atomic E-state index is 0. The van der Waals surface area contributed by atoms with Gasteiger partial charge in [-0.25, -0.2) is 4.79 Å². The van der Waals surface area contributed by atoms with E-state index in [1.54, 1.807) is 6.07 Å². The summed E-state index contributed by atoms with van der Waals surface area (Å²) in [5.74, 6) is 0.304. The van der Waals surface area contributed by atoms with Crippen molar-refractivity contribution in [1.82, 2.24) is 0 Å². The Balaban J connectivity index is 0.000000845. The largest absolute Gasteiger partial charge is 0.425 e. The van der Waals surface area contributed by atoms with Crippen LogP contribution in [0.3, 0.4) is 0 Å². The van der Waals surface area contributed by atoms with Gasteiger partial charge in [-0.1, -0.05) is 18.2 Å². The first-order valence-corrected chi connectivity index (χ1v) is 3.82. The Hall–Kier alpha value is -1.06. The number of hydrogen-bond acceptors (Lipinski definition) is 3. The first-order chi connectivity index (χ1) is 5.77. The SMILES string of the molecule is Cl.NC1Cc2ccccc2OC1=O. The van der Waals surface area contributed by atoms with Crippen LogP contribution in [0.5, 0.6) is 5.75 Å². The summed E-state index contributed by atoms with van der Waals surface area (Å²) >= 11 is 0. The molecule has 13 heavy (non-hydrogen) atoms. The van der Waals surface area contributed by atoms with E-state index in [1.165, 1.54) is 0 Å². The zero-order chi connectivity index (χ0) is 8.55. The Morgan fingerprint density at radius 1 is 1.38 bits per heavy atom. The smallest absolute Gasteiger partial charge is 0.328 e. The van der Waals surface area contributed by atoms with Crippen molar-refractivity contribution < 1.29 is 9.53 Å². The second-order valence-corrected chi connectivity index (χ2v) is 2.84. The number of halogens is 1. The van der Waals surface area contributed by atoms with Crippen molar-refractivity contribution in [2.24, 2.45) is 5.73 Å². The van der Waals surface area contributed by atoms with Gasteiger partial charge >= 0.3 is 5.97 Å². The fraction of sp³-hybridized carbons (Fsp3) is 0.222. The van der Waals surface area contributed by atoms with Crippen LogP contribution in [0.2, 0.25) is 0 Å². The average molecular weight is 200 g/mol. The van der Waals surface area contributed by atoms with Gasteiger partial charge in [0, 0.05) is 6.42 Å². The molecule has 0 aromatic heterocycles. The summed E-state index contributed by atoms with van der Waals surface area (Å²) in [4.78, 5) is 11.0. The number of ether oxygens (including phenoxy) is 1. The van der Waals surface area contributed by atoms with E-state index in [1.807, 2.05) is 18.2 Å². The zero-order valence-corrected chi connectivity index (χ0v) is 7.71. The Morgan fingerprint density at radius 3 is 2.85 bits per heavy atom. The number of fused-ring (bicyclic) bond motifs is 1. The molecule has 1 aliphatic heterocycles. The quantitative estimate of drug-likeness (QED) is 0.499. The molecule has 2 N–H and O–H groups in total. The molecule has 1 aliphatic rings. The molecule has 2 rings (SSSR count). The number of hydrogen-bond donors (Lipinski definition) is 1. The lowest BCUT2D eigenvalue weighted by atomic mass is 10.0. The number of benzene rings is 1. The van der Waals surface area contributed by atoms with Gasteiger partial charge in [0.15, 0.2) is 0 Å². The number of esters is 1. The fourth-order valence-corrected chi connectivity index (χ4v) is 1.28. The Labute approximate surface area is 82.3 Å². The van der Waals surface area contributed by atoms with Crippen molar-refractivity contribution >= 4 is 18.4 Å². The molecule has 0 saturated carbocycles. The van der Waals surface area contributed by atoms with E-state index in [0.717, 1.165) is 5.56 Å². The highest BCUT2D eigenvalue weighted by Crippen LogP contribution is 2.23. The summed E-state index contributed by atoms with van der Waals surface area (Å²) in [6, 6.07) is 6.94. The summed E-state index contributed by atoms with van der Waals surface area (Å²) in [6.45, 7) is 0. The second-order valence-electron chi connectivity index (χ2n) is 2.84. The summed E-state index contributed by atoms with van der Waals surface area (Å²) in [6.07, 6.45) is 0.578. The number of carbonyl (C=O) groups excluding carboxylic acids is 1. The van der Waals surface area contributed by atoms with Gasteiger partial charge in [-0.2, -0.15) is 0 Å². The molecular weight excluding hydrogens is 190 g/mol. The zero-order valence-electron chi connectivity index (χ0n) is 6.90. The van der Waals surface area contributed by atoms with Crippen LogP contribution < -0.4 is 10.5 Å². The molecule has 0 radical (unpaired) electrons. The molecule has 0 bridgehead atoms. The Bertz CT molecular complexity index is 327. The van der Waals surface area contributed by atoms with Gasteiger partial charge in [0.25, 0.3) is 0 Å². The topological polar surface area (TPSA) is 52.3 Å². The van der Waals surface area contributed by atoms with Gasteiger partial charge in [0.05, 0.1) is 0 Å². The molecule has 1 atom stereocenters. The summed E-state index contributed by atoms with van der Waals surface area (Å²) < 4.78 is 4.98. The van der Waals surface area contributed by atoms with Gasteiger partial charge in [0.2, 0.25) is 0 Å². The van der Waals surface area contributed by atoms with Crippen molar-refractivity contribution in [2.45, 2.75) is 12.5 Å². The van der Waals surface area contributed by atoms with E-state index in [9.17, 15) is 4.79 Å². The lowest BCUT2D eigenvalue weighted by molar-refractivity contribution is -0.136. The van der Waals surface area contributed by atoms with Crippen molar-refractivity contribution in [1.29, 1.82) is 0 Å². The monoisotopic (exact) mass is 199 g/mol. The van der Waals surface area contributed by atoms with Crippen LogP contribution in [0.15, 0.2) is 24.3 Å². The van der Waals surface area contributed by atoms with Crippen molar-refractivity contribution in [3.8, 4) is 5.75 Å². The minimum Gasteiger partial charge on any atom is -0.425 e. The van der Waals surface area contributed by atoms with Gasteiger partial charge in [-0.05, 0) is 11.6 Å². The third-order valence-corrected chi connectivity index (χ3v) is 1.93. The highest BCUT2D eigenvalue weighted by atomic mass is 35.5. The van der Waals surface area contributed by atoms with Crippen LogP contribution in [-0.4, -0.2) is 12.0 Å². The van der Waals surface area contributed by atoms with Crippen LogP contribution in [-0.2, 0) is 11.2 Å². The van der Waals surface area contributed by atoms with Crippen molar-refractivity contribution in [3.05, 3.63) is 29.8 Å². The van der Waals surface area contributed by atoms with E-state index in [4.69, 9.17) is 10.5 Å². The van der Waals surface area contributed by atoms with Crippen molar-refractivity contribution in [3.63, 3.8) is 0 Å². The van der Waals surface area contributed by atoms with Crippen molar-refractivity contribution in [2.75, 3.05) is 0 Å². The number of nitrogens with two attached hydrogens (primary N) is 1. The first kappa shape index (κ1) is 10.0. The maximum Gasteiger partial charge on any atom is 0.328 e. The molecule has 0 saturated heterocycles. The highest BCUT2D eigenvalue weighted by molar-refractivity contribution is 5.85. The average Bonchev–Trinajstić information content (AvgIpc) is 2.07. The van der Waals surface area contributed by atoms with Crippen LogP contribution in [0, 0.1) is 0 Å². The van der Waals surface area contributed by atoms with Gasteiger partial charge in [-0.15, -0.1) is 12.4 Å². The third-order valence-electron chi connectivity index (χ3n) is 1.93. The highest BCUT2D eigenvalue weighted by Gasteiger charge is 2.24. The molecule has 1 aromatic rings.